The number of para-hydroxylation sites is 1. The van der Waals surface area contributed by atoms with Crippen molar-refractivity contribution in [3.05, 3.63) is 296 Å². The van der Waals surface area contributed by atoms with Gasteiger partial charge in [-0.1, -0.05) is 226 Å². The molecule has 0 aromatic heterocycles. The Kier molecular flexibility index (Phi) is 18.2. The molecule has 2 unspecified atom stereocenters. The third-order valence-electron chi connectivity index (χ3n) is 17.2. The first-order valence-corrected chi connectivity index (χ1v) is 30.0. The molecule has 0 bridgehead atoms. The predicted molar refractivity (Wildman–Crippen MR) is 369 cm³/mol. The molecule has 5 heteroatoms. The number of terminal acetylenes is 1. The number of guanidine groups is 1. The van der Waals surface area contributed by atoms with E-state index >= 15 is 0 Å². The molecule has 1 heterocycles. The molecule has 3 aliphatic carbocycles. The minimum atomic E-state index is -0.153. The van der Waals surface area contributed by atoms with E-state index in [-0.39, 0.29) is 17.4 Å². The van der Waals surface area contributed by atoms with Crippen LogP contribution in [0.1, 0.15) is 120 Å². The van der Waals surface area contributed by atoms with Crippen LogP contribution in [0.25, 0.3) is 39.0 Å². The minimum Gasteiger partial charge on any atom is -0.303 e. The number of fused-ring (bicyclic) bond motifs is 9. The normalized spacial score (nSPS) is 15.9. The molecular formula is C81H79N5. The quantitative estimate of drug-likeness (QED) is 0.0930. The minimum absolute atomic E-state index is 0.0370. The molecule has 13 rings (SSSR count). The number of aryl methyl sites for hydroxylation is 5. The van der Waals surface area contributed by atoms with Crippen molar-refractivity contribution >= 4 is 34.5 Å². The van der Waals surface area contributed by atoms with Crippen molar-refractivity contribution in [3.8, 4) is 45.7 Å². The highest BCUT2D eigenvalue weighted by Crippen LogP contribution is 2.57. The largest absolute Gasteiger partial charge is 0.303 e. The van der Waals surface area contributed by atoms with Crippen LogP contribution in [-0.4, -0.2) is 36.3 Å². The lowest BCUT2D eigenvalue weighted by molar-refractivity contribution is 0.639. The molecule has 2 atom stereocenters. The van der Waals surface area contributed by atoms with E-state index in [4.69, 9.17) is 9.98 Å². The van der Waals surface area contributed by atoms with Gasteiger partial charge in [0.15, 0.2) is 0 Å². The zero-order chi connectivity index (χ0) is 60.6. The second-order valence-corrected chi connectivity index (χ2v) is 23.5. The summed E-state index contributed by atoms with van der Waals surface area (Å²) in [6, 6.07) is 73.8. The summed E-state index contributed by atoms with van der Waals surface area (Å²) in [6.45, 7) is 24.0. The number of allylic oxidation sites excluding steroid dienone is 2. The Morgan fingerprint density at radius 2 is 1.10 bits per heavy atom. The van der Waals surface area contributed by atoms with Crippen LogP contribution in [0, 0.1) is 47.0 Å². The number of anilines is 1. The molecule has 9 aromatic rings. The molecule has 9 aromatic carbocycles. The number of amidine groups is 1. The lowest BCUT2D eigenvalue weighted by Gasteiger charge is -2.33. The van der Waals surface area contributed by atoms with Crippen molar-refractivity contribution in [3.63, 3.8) is 0 Å². The van der Waals surface area contributed by atoms with Gasteiger partial charge < -0.3 is 4.90 Å². The van der Waals surface area contributed by atoms with E-state index in [1.807, 2.05) is 32.0 Å². The lowest BCUT2D eigenvalue weighted by Crippen LogP contribution is -2.39. The second kappa shape index (κ2) is 26.2. The Morgan fingerprint density at radius 3 is 1.77 bits per heavy atom. The van der Waals surface area contributed by atoms with Crippen LogP contribution in [0.5, 0.6) is 0 Å². The van der Waals surface area contributed by atoms with Crippen LogP contribution < -0.4 is 4.90 Å². The molecule has 1 aliphatic heterocycles. The zero-order valence-corrected chi connectivity index (χ0v) is 52.2. The highest BCUT2D eigenvalue weighted by molar-refractivity contribution is 6.15. The predicted octanol–water partition coefficient (Wildman–Crippen LogP) is 19.7. The Hall–Kier alpha value is -9.50. The highest BCUT2D eigenvalue weighted by Gasteiger charge is 2.47. The van der Waals surface area contributed by atoms with E-state index in [0.29, 0.717) is 6.54 Å². The monoisotopic (exact) mass is 1120 g/mol. The van der Waals surface area contributed by atoms with Gasteiger partial charge in [0, 0.05) is 46.6 Å². The zero-order valence-electron chi connectivity index (χ0n) is 52.2. The van der Waals surface area contributed by atoms with Crippen molar-refractivity contribution < 1.29 is 0 Å². The van der Waals surface area contributed by atoms with Gasteiger partial charge in [-0.2, -0.15) is 0 Å². The Morgan fingerprint density at radius 1 is 0.547 bits per heavy atom. The van der Waals surface area contributed by atoms with Crippen LogP contribution in [0.3, 0.4) is 0 Å². The van der Waals surface area contributed by atoms with E-state index in [1.54, 1.807) is 14.0 Å². The van der Waals surface area contributed by atoms with Gasteiger partial charge in [0.2, 0.25) is 5.96 Å². The lowest BCUT2D eigenvalue weighted by atomic mass is 9.77. The summed E-state index contributed by atoms with van der Waals surface area (Å²) in [7, 11) is 1.77. The van der Waals surface area contributed by atoms with Gasteiger partial charge >= 0.3 is 0 Å². The molecule has 4 aliphatic rings. The molecule has 0 saturated carbocycles. The van der Waals surface area contributed by atoms with Gasteiger partial charge in [0.1, 0.15) is 5.84 Å². The molecule has 5 nitrogen and oxygen atoms in total. The molecule has 86 heavy (non-hydrogen) atoms. The summed E-state index contributed by atoms with van der Waals surface area (Å²) in [5.74, 6) is 3.96. The van der Waals surface area contributed by atoms with E-state index in [0.717, 1.165) is 29.6 Å². The average molecular weight is 1120 g/mol. The third-order valence-corrected chi connectivity index (χ3v) is 17.2. The van der Waals surface area contributed by atoms with E-state index in [1.165, 1.54) is 123 Å². The van der Waals surface area contributed by atoms with Crippen LogP contribution in [0.15, 0.2) is 244 Å². The fourth-order valence-corrected chi connectivity index (χ4v) is 12.8. The fourth-order valence-electron chi connectivity index (χ4n) is 12.8. The number of benzene rings is 9. The summed E-state index contributed by atoms with van der Waals surface area (Å²) in [6.07, 6.45) is 10.7. The summed E-state index contributed by atoms with van der Waals surface area (Å²) < 4.78 is 0. The standard InChI is InChI=1S/C52H45N3.C19H22N2.C7H8.C3H4/c1-32-16-9-11-21-38(32)42-28-43-44-29-45-41-23-13-14-25-48(41)55(49(45)30-47(44)52(4,5)46(43)26-33(42)2)51(53-31-35-17-7-6-8-18-35)54-34(3)39-24-15-20-37-27-36-19-10-12-22-40(36)50(37)39;1-13-9-6-7-11-17(13)19-14(2)10-8-12-18(19)15(3)21-16(4)20-5;1-7-5-3-2-4-6-7;1-3-2/h6-26,28-30,45,49H,27,31H2,1-5H3;6-12H,1-5H3;2-6H,1H3;1H,2H3/b53-51?,54-34+;;;. The maximum absolute atomic E-state index is 5.55. The van der Waals surface area contributed by atoms with Crippen molar-refractivity contribution in [2.24, 2.45) is 20.0 Å². The second-order valence-electron chi connectivity index (χ2n) is 23.5. The smallest absolute Gasteiger partial charge is 0.226 e. The van der Waals surface area contributed by atoms with Crippen molar-refractivity contribution in [2.45, 2.75) is 107 Å². The number of rotatable bonds is 6. The summed E-state index contributed by atoms with van der Waals surface area (Å²) in [4.78, 5) is 22.1. The van der Waals surface area contributed by atoms with Crippen molar-refractivity contribution in [1.82, 2.24) is 0 Å². The molecule has 0 saturated heterocycles. The summed E-state index contributed by atoms with van der Waals surface area (Å²) >= 11 is 0. The van der Waals surface area contributed by atoms with Crippen LogP contribution in [0.2, 0.25) is 0 Å². The van der Waals surface area contributed by atoms with Crippen molar-refractivity contribution in [2.75, 3.05) is 11.9 Å². The van der Waals surface area contributed by atoms with Gasteiger partial charge in [-0.3, -0.25) is 4.99 Å². The van der Waals surface area contributed by atoms with Crippen molar-refractivity contribution in [1.29, 1.82) is 0 Å². The number of nitrogens with zero attached hydrogens (tertiary/aromatic N) is 5. The summed E-state index contributed by atoms with van der Waals surface area (Å²) in [5.41, 5.74) is 30.4. The van der Waals surface area contributed by atoms with Crippen LogP contribution in [-0.2, 0) is 18.4 Å². The van der Waals surface area contributed by atoms with Gasteiger partial charge in [-0.15, -0.1) is 12.3 Å². The average Bonchev–Trinajstić information content (AvgIpc) is 1.58. The maximum atomic E-state index is 5.55. The van der Waals surface area contributed by atoms with E-state index in [9.17, 15) is 0 Å². The first-order valence-electron chi connectivity index (χ1n) is 30.0. The van der Waals surface area contributed by atoms with Gasteiger partial charge in [0.05, 0.1) is 12.6 Å². The first kappa shape index (κ1) is 59.7. The Bertz CT molecular complexity index is 4210. The molecule has 0 fully saturated rings. The Balaban J connectivity index is 0.000000217. The fraction of sp³-hybridized carbons (Fsp3) is 0.210. The SMILES string of the molecule is C#CC.C/C(=N\C(=NCc1ccccc1)N1c2ccccc2C2C=C3C(=CC21)C(C)(C)c1cc(C)c(-c2ccccc2C)cc13)c1cccc2c1-c1ccccc1C2.CN=C(C)N=C(C)c1cccc(C)c1-c1ccccc1C.Cc1ccccc1. The Labute approximate surface area is 512 Å². The highest BCUT2D eigenvalue weighted by atomic mass is 15.3. The maximum Gasteiger partial charge on any atom is 0.226 e. The topological polar surface area (TPSA) is 52.7 Å². The number of hydrogen-bond acceptors (Lipinski definition) is 2. The van der Waals surface area contributed by atoms with Crippen LogP contribution in [0.4, 0.5) is 5.69 Å². The number of aliphatic imine (C=N–C) groups is 4. The summed E-state index contributed by atoms with van der Waals surface area (Å²) in [5, 5.41) is 0. The third kappa shape index (κ3) is 12.2. The van der Waals surface area contributed by atoms with Crippen LogP contribution >= 0.6 is 0 Å². The van der Waals surface area contributed by atoms with Gasteiger partial charge in [-0.25, -0.2) is 15.0 Å². The molecular weight excluding hydrogens is 1040 g/mol. The molecule has 428 valence electrons. The molecule has 0 N–H and O–H groups in total. The number of hydrogen-bond donors (Lipinski definition) is 0. The molecule has 0 spiro atoms. The first-order chi connectivity index (χ1) is 41.6. The molecule has 0 amide bonds. The van der Waals surface area contributed by atoms with Gasteiger partial charge in [-0.05, 0) is 181 Å². The van der Waals surface area contributed by atoms with E-state index in [2.05, 4.69) is 283 Å². The van der Waals surface area contributed by atoms with E-state index < -0.39 is 0 Å². The molecule has 0 radical (unpaired) electrons. The van der Waals surface area contributed by atoms with Gasteiger partial charge in [0.25, 0.3) is 0 Å².